The smallest absolute Gasteiger partial charge is 0.274 e. The number of hydrogen-bond acceptors (Lipinski definition) is 3. The maximum atomic E-state index is 12.5. The van der Waals surface area contributed by atoms with Gasteiger partial charge in [-0.25, -0.2) is 0 Å². The molecule has 3 aromatic rings. The van der Waals surface area contributed by atoms with Gasteiger partial charge >= 0.3 is 0 Å². The maximum absolute atomic E-state index is 12.5. The number of nitrogens with zero attached hydrogens (tertiary/aromatic N) is 1. The van der Waals surface area contributed by atoms with Gasteiger partial charge in [0.1, 0.15) is 5.69 Å². The van der Waals surface area contributed by atoms with Gasteiger partial charge in [0.15, 0.2) is 0 Å². The Morgan fingerprint density at radius 2 is 1.81 bits per heavy atom. The second-order valence-electron chi connectivity index (χ2n) is 5.78. The van der Waals surface area contributed by atoms with Gasteiger partial charge in [0.2, 0.25) is 0 Å². The van der Waals surface area contributed by atoms with Crippen LogP contribution in [-0.2, 0) is 0 Å². The lowest BCUT2D eigenvalue weighted by Crippen LogP contribution is -2.15. The first-order valence-corrected chi connectivity index (χ1v) is 8.82. The summed E-state index contributed by atoms with van der Waals surface area (Å²) in [4.78, 5) is 16.6. The van der Waals surface area contributed by atoms with Crippen LogP contribution in [0.4, 0.5) is 11.4 Å². The van der Waals surface area contributed by atoms with Crippen LogP contribution < -0.4 is 10.6 Å². The molecule has 2 N–H and O–H groups in total. The lowest BCUT2D eigenvalue weighted by Gasteiger charge is -2.16. The Morgan fingerprint density at radius 1 is 1.04 bits per heavy atom. The molecule has 6 heteroatoms. The number of benzene rings is 2. The Hall–Kier alpha value is -2.56. The summed E-state index contributed by atoms with van der Waals surface area (Å²) in [7, 11) is 0. The van der Waals surface area contributed by atoms with E-state index in [1.54, 1.807) is 30.5 Å². The molecule has 1 unspecified atom stereocenters. The zero-order valence-corrected chi connectivity index (χ0v) is 15.6. The maximum Gasteiger partial charge on any atom is 0.274 e. The van der Waals surface area contributed by atoms with E-state index < -0.39 is 0 Å². The summed E-state index contributed by atoms with van der Waals surface area (Å²) in [5, 5.41) is 7.00. The lowest BCUT2D eigenvalue weighted by molar-refractivity contribution is 0.102. The van der Waals surface area contributed by atoms with Crippen molar-refractivity contribution in [2.45, 2.75) is 13.0 Å². The van der Waals surface area contributed by atoms with E-state index in [1.165, 1.54) is 0 Å². The lowest BCUT2D eigenvalue weighted by atomic mass is 10.1. The molecule has 0 fully saturated rings. The van der Waals surface area contributed by atoms with Crippen LogP contribution in [-0.4, -0.2) is 10.9 Å². The monoisotopic (exact) mass is 385 g/mol. The van der Waals surface area contributed by atoms with Crippen molar-refractivity contribution in [3.63, 3.8) is 0 Å². The Balaban J connectivity index is 1.73. The molecule has 0 radical (unpaired) electrons. The number of aromatic nitrogens is 1. The largest absolute Gasteiger partial charge is 0.378 e. The molecule has 2 aromatic carbocycles. The van der Waals surface area contributed by atoms with Gasteiger partial charge in [-0.15, -0.1) is 0 Å². The third-order valence-electron chi connectivity index (χ3n) is 3.85. The van der Waals surface area contributed by atoms with Crippen molar-refractivity contribution in [1.82, 2.24) is 4.98 Å². The second-order valence-corrected chi connectivity index (χ2v) is 6.63. The highest BCUT2D eigenvalue weighted by atomic mass is 35.5. The summed E-state index contributed by atoms with van der Waals surface area (Å²) >= 11 is 12.0. The predicted molar refractivity (Wildman–Crippen MR) is 107 cm³/mol. The van der Waals surface area contributed by atoms with Crippen LogP contribution in [0.25, 0.3) is 0 Å². The van der Waals surface area contributed by atoms with E-state index in [0.29, 0.717) is 21.4 Å². The van der Waals surface area contributed by atoms with E-state index >= 15 is 0 Å². The Kier molecular flexibility index (Phi) is 5.76. The topological polar surface area (TPSA) is 54.0 Å². The van der Waals surface area contributed by atoms with Gasteiger partial charge in [0.25, 0.3) is 5.91 Å². The van der Waals surface area contributed by atoms with Crippen molar-refractivity contribution >= 4 is 40.5 Å². The quantitative estimate of drug-likeness (QED) is 0.582. The Bertz CT molecular complexity index is 916. The molecule has 0 aliphatic heterocycles. The van der Waals surface area contributed by atoms with Gasteiger partial charge < -0.3 is 10.6 Å². The molecule has 0 saturated heterocycles. The fraction of sp³-hybridized carbons (Fsp3) is 0.100. The molecule has 3 rings (SSSR count). The molecule has 0 bridgehead atoms. The Morgan fingerprint density at radius 3 is 2.54 bits per heavy atom. The number of nitrogens with one attached hydrogen (secondary N) is 2. The third kappa shape index (κ3) is 4.54. The van der Waals surface area contributed by atoms with E-state index in [2.05, 4.69) is 34.7 Å². The third-order valence-corrected chi connectivity index (χ3v) is 4.40. The van der Waals surface area contributed by atoms with Gasteiger partial charge in [-0.1, -0.05) is 53.5 Å². The number of rotatable bonds is 5. The first kappa shape index (κ1) is 18.2. The van der Waals surface area contributed by atoms with Crippen molar-refractivity contribution in [3.05, 3.63) is 88.2 Å². The number of anilines is 2. The first-order chi connectivity index (χ1) is 12.5. The molecule has 132 valence electrons. The van der Waals surface area contributed by atoms with E-state index in [1.807, 2.05) is 24.3 Å². The van der Waals surface area contributed by atoms with E-state index in [-0.39, 0.29) is 11.9 Å². The molecule has 1 amide bonds. The standard InChI is InChI=1S/C20H17Cl2N3O/c1-13(14-5-3-2-4-6-14)24-16-9-10-23-19(12-16)20(26)25-18-8-7-15(21)11-17(18)22/h2-13H,1H3,(H,23,24)(H,25,26). The minimum Gasteiger partial charge on any atom is -0.378 e. The average molecular weight is 386 g/mol. The van der Waals surface area contributed by atoms with Crippen LogP contribution in [0.5, 0.6) is 0 Å². The van der Waals surface area contributed by atoms with Gasteiger partial charge in [-0.05, 0) is 42.8 Å². The minimum absolute atomic E-state index is 0.0974. The molecule has 26 heavy (non-hydrogen) atoms. The fourth-order valence-electron chi connectivity index (χ4n) is 2.50. The SMILES string of the molecule is CC(Nc1ccnc(C(=O)Nc2ccc(Cl)cc2Cl)c1)c1ccccc1. The fourth-order valence-corrected chi connectivity index (χ4v) is 2.95. The molecule has 0 saturated carbocycles. The number of carbonyl (C=O) groups is 1. The highest BCUT2D eigenvalue weighted by Crippen LogP contribution is 2.26. The molecule has 1 aromatic heterocycles. The highest BCUT2D eigenvalue weighted by molar-refractivity contribution is 6.36. The normalized spacial score (nSPS) is 11.7. The zero-order valence-electron chi connectivity index (χ0n) is 14.0. The van der Waals surface area contributed by atoms with E-state index in [4.69, 9.17) is 23.2 Å². The summed E-state index contributed by atoms with van der Waals surface area (Å²) in [6.45, 7) is 2.06. The van der Waals surface area contributed by atoms with Crippen molar-refractivity contribution in [2.24, 2.45) is 0 Å². The van der Waals surface area contributed by atoms with Crippen LogP contribution >= 0.6 is 23.2 Å². The summed E-state index contributed by atoms with van der Waals surface area (Å²) in [5.41, 5.74) is 2.74. The molecule has 1 heterocycles. The van der Waals surface area contributed by atoms with Gasteiger partial charge in [-0.2, -0.15) is 0 Å². The molecule has 0 spiro atoms. The van der Waals surface area contributed by atoms with Crippen LogP contribution in [0.3, 0.4) is 0 Å². The molecular weight excluding hydrogens is 369 g/mol. The van der Waals surface area contributed by atoms with Gasteiger partial charge in [0.05, 0.1) is 10.7 Å². The van der Waals surface area contributed by atoms with Gasteiger partial charge in [-0.3, -0.25) is 9.78 Å². The summed E-state index contributed by atoms with van der Waals surface area (Å²) in [6, 6.07) is 18.6. The number of hydrogen-bond donors (Lipinski definition) is 2. The molecule has 0 aliphatic rings. The van der Waals surface area contributed by atoms with Gasteiger partial charge in [0, 0.05) is 22.9 Å². The van der Waals surface area contributed by atoms with Crippen LogP contribution in [0.1, 0.15) is 29.0 Å². The predicted octanol–water partition coefficient (Wildman–Crippen LogP) is 5.81. The van der Waals surface area contributed by atoms with Crippen molar-refractivity contribution < 1.29 is 4.79 Å². The van der Waals surface area contributed by atoms with Crippen molar-refractivity contribution in [2.75, 3.05) is 10.6 Å². The Labute approximate surface area is 162 Å². The zero-order chi connectivity index (χ0) is 18.5. The van der Waals surface area contributed by atoms with Crippen molar-refractivity contribution in [3.8, 4) is 0 Å². The van der Waals surface area contributed by atoms with Crippen LogP contribution in [0.2, 0.25) is 10.0 Å². The minimum atomic E-state index is -0.342. The van der Waals surface area contributed by atoms with E-state index in [9.17, 15) is 4.79 Å². The summed E-state index contributed by atoms with van der Waals surface area (Å²) in [5.74, 6) is -0.342. The second kappa shape index (κ2) is 8.21. The number of amides is 1. The van der Waals surface area contributed by atoms with Crippen LogP contribution in [0.15, 0.2) is 66.9 Å². The molecular formula is C20H17Cl2N3O. The summed E-state index contributed by atoms with van der Waals surface area (Å²) < 4.78 is 0. The number of halogens is 2. The van der Waals surface area contributed by atoms with Crippen LogP contribution in [0, 0.1) is 0 Å². The summed E-state index contributed by atoms with van der Waals surface area (Å²) in [6.07, 6.45) is 1.60. The van der Waals surface area contributed by atoms with E-state index in [0.717, 1.165) is 11.3 Å². The molecule has 1 atom stereocenters. The highest BCUT2D eigenvalue weighted by Gasteiger charge is 2.12. The van der Waals surface area contributed by atoms with Crippen molar-refractivity contribution in [1.29, 1.82) is 0 Å². The molecule has 4 nitrogen and oxygen atoms in total. The number of pyridine rings is 1. The molecule has 0 aliphatic carbocycles. The number of carbonyl (C=O) groups excluding carboxylic acids is 1. The first-order valence-electron chi connectivity index (χ1n) is 8.07. The average Bonchev–Trinajstić information content (AvgIpc) is 2.65.